The first kappa shape index (κ1) is 19.8. The van der Waals surface area contributed by atoms with E-state index in [4.69, 9.17) is 4.98 Å². The molecule has 0 spiro atoms. The van der Waals surface area contributed by atoms with Gasteiger partial charge < -0.3 is 4.98 Å². The van der Waals surface area contributed by atoms with E-state index in [1.54, 1.807) is 22.7 Å². The molecule has 0 fully saturated rings. The Hall–Kier alpha value is -0.470. The molecule has 2 nitrogen and oxygen atoms in total. The Morgan fingerprint density at radius 1 is 0.963 bits per heavy atom. The number of thiophene rings is 3. The Bertz CT molecular complexity index is 984. The van der Waals surface area contributed by atoms with Crippen LogP contribution >= 0.6 is 65.9 Å². The van der Waals surface area contributed by atoms with Crippen LogP contribution in [-0.4, -0.2) is 9.97 Å². The van der Waals surface area contributed by atoms with Gasteiger partial charge in [0.2, 0.25) is 0 Å². The van der Waals surface area contributed by atoms with Crippen molar-refractivity contribution in [3.63, 3.8) is 0 Å². The van der Waals surface area contributed by atoms with Gasteiger partial charge in [-0.2, -0.15) is 0 Å². The molecule has 7 heteroatoms. The molecule has 4 heterocycles. The van der Waals surface area contributed by atoms with E-state index < -0.39 is 0 Å². The van der Waals surface area contributed by atoms with E-state index >= 15 is 0 Å². The summed E-state index contributed by atoms with van der Waals surface area (Å²) >= 11 is 12.6. The third kappa shape index (κ3) is 3.99. The highest BCUT2D eigenvalue weighted by Crippen LogP contribution is 2.48. The van der Waals surface area contributed by atoms with Crippen LogP contribution < -0.4 is 0 Å². The summed E-state index contributed by atoms with van der Waals surface area (Å²) in [4.78, 5) is 14.0. The van der Waals surface area contributed by atoms with Gasteiger partial charge in [0.25, 0.3) is 0 Å². The Kier molecular flexibility index (Phi) is 6.24. The van der Waals surface area contributed by atoms with Crippen molar-refractivity contribution in [2.75, 3.05) is 0 Å². The van der Waals surface area contributed by atoms with Crippen LogP contribution in [0.15, 0.2) is 31.8 Å². The van der Waals surface area contributed by atoms with Crippen molar-refractivity contribution >= 4 is 76.9 Å². The van der Waals surface area contributed by atoms with Crippen molar-refractivity contribution in [1.29, 1.82) is 0 Å². The lowest BCUT2D eigenvalue weighted by Gasteiger charge is -2.11. The van der Waals surface area contributed by atoms with Crippen LogP contribution in [0.3, 0.4) is 0 Å². The van der Waals surface area contributed by atoms with Gasteiger partial charge in [0.1, 0.15) is 11.3 Å². The second-order valence-electron chi connectivity index (χ2n) is 6.56. The minimum Gasteiger partial charge on any atom is -0.340 e. The Balaban J connectivity index is 1.87. The number of aromatic nitrogens is 2. The molecule has 0 saturated carbocycles. The molecule has 0 bridgehead atoms. The van der Waals surface area contributed by atoms with Crippen molar-refractivity contribution in [3.05, 3.63) is 37.7 Å². The maximum absolute atomic E-state index is 5.11. The monoisotopic (exact) mass is 542 g/mol. The molecule has 1 unspecified atom stereocenters. The molecule has 4 aromatic rings. The van der Waals surface area contributed by atoms with Gasteiger partial charge in [0.05, 0.1) is 22.8 Å². The Labute approximate surface area is 188 Å². The zero-order valence-electron chi connectivity index (χ0n) is 15.1. The number of unbranched alkanes of at least 4 members (excludes halogenated alkanes) is 1. The fourth-order valence-electron chi connectivity index (χ4n) is 3.31. The van der Waals surface area contributed by atoms with E-state index in [9.17, 15) is 0 Å². The van der Waals surface area contributed by atoms with Gasteiger partial charge in [-0.1, -0.05) is 26.7 Å². The summed E-state index contributed by atoms with van der Waals surface area (Å²) in [6, 6.07) is 8.64. The third-order valence-electron chi connectivity index (χ3n) is 4.75. The molecule has 0 radical (unpaired) electrons. The Morgan fingerprint density at radius 2 is 1.63 bits per heavy atom. The second kappa shape index (κ2) is 8.49. The number of H-pyrrole nitrogens is 1. The van der Waals surface area contributed by atoms with E-state index in [0.29, 0.717) is 5.92 Å². The first-order valence-electron chi connectivity index (χ1n) is 9.14. The highest BCUT2D eigenvalue weighted by molar-refractivity contribution is 9.11. The topological polar surface area (TPSA) is 28.7 Å². The number of halogens is 2. The smallest absolute Gasteiger partial charge is 0.110 e. The quantitative estimate of drug-likeness (QED) is 0.247. The summed E-state index contributed by atoms with van der Waals surface area (Å²) in [6.45, 7) is 4.53. The minimum absolute atomic E-state index is 0.508. The third-order valence-corrected chi connectivity index (χ3v) is 9.53. The summed E-state index contributed by atoms with van der Waals surface area (Å²) in [6.07, 6.45) is 4.81. The predicted molar refractivity (Wildman–Crippen MR) is 129 cm³/mol. The van der Waals surface area contributed by atoms with Crippen LogP contribution in [0.1, 0.15) is 51.3 Å². The summed E-state index contributed by atoms with van der Waals surface area (Å²) in [5.41, 5.74) is 2.32. The zero-order valence-corrected chi connectivity index (χ0v) is 20.8. The Morgan fingerprint density at radius 3 is 2.19 bits per heavy atom. The second-order valence-corrected chi connectivity index (χ2v) is 12.5. The van der Waals surface area contributed by atoms with Gasteiger partial charge in [0, 0.05) is 15.7 Å². The highest BCUT2D eigenvalue weighted by Gasteiger charge is 2.23. The maximum Gasteiger partial charge on any atom is 0.110 e. The number of fused-ring (bicyclic) bond motifs is 1. The SMILES string of the molecule is CCCCC(CC)c1nc2c(-c3ccc(Br)s3)sc(-c3ccc(Br)s3)c2[nH]1. The molecule has 0 saturated heterocycles. The van der Waals surface area contributed by atoms with Crippen LogP contribution in [0.2, 0.25) is 0 Å². The van der Waals surface area contributed by atoms with Gasteiger partial charge in [-0.05, 0) is 69.0 Å². The van der Waals surface area contributed by atoms with E-state index in [-0.39, 0.29) is 0 Å². The van der Waals surface area contributed by atoms with Gasteiger partial charge >= 0.3 is 0 Å². The number of aromatic amines is 1. The van der Waals surface area contributed by atoms with E-state index in [1.807, 2.05) is 11.3 Å². The molecule has 0 aliphatic rings. The van der Waals surface area contributed by atoms with Crippen molar-refractivity contribution in [2.24, 2.45) is 0 Å². The minimum atomic E-state index is 0.508. The molecule has 0 aromatic carbocycles. The number of rotatable bonds is 7. The van der Waals surface area contributed by atoms with Gasteiger partial charge in [-0.25, -0.2) is 4.98 Å². The fraction of sp³-hybridized carbons (Fsp3) is 0.350. The summed E-state index contributed by atoms with van der Waals surface area (Å²) in [7, 11) is 0. The molecule has 0 aliphatic heterocycles. The van der Waals surface area contributed by atoms with Gasteiger partial charge in [-0.3, -0.25) is 0 Å². The summed E-state index contributed by atoms with van der Waals surface area (Å²) in [5.74, 6) is 1.66. The van der Waals surface area contributed by atoms with Crippen molar-refractivity contribution < 1.29 is 0 Å². The number of hydrogen-bond acceptors (Lipinski definition) is 4. The van der Waals surface area contributed by atoms with Crippen molar-refractivity contribution in [2.45, 2.75) is 45.4 Å². The van der Waals surface area contributed by atoms with E-state index in [1.165, 1.54) is 44.3 Å². The van der Waals surface area contributed by atoms with Crippen molar-refractivity contribution in [3.8, 4) is 19.5 Å². The lowest BCUT2D eigenvalue weighted by Crippen LogP contribution is -1.99. The molecule has 1 N–H and O–H groups in total. The predicted octanol–water partition coefficient (Wildman–Crippen LogP) is 9.29. The number of imidazole rings is 1. The summed E-state index contributed by atoms with van der Waals surface area (Å²) < 4.78 is 2.32. The lowest BCUT2D eigenvalue weighted by molar-refractivity contribution is 0.549. The van der Waals surface area contributed by atoms with Gasteiger partial charge in [-0.15, -0.1) is 34.0 Å². The fourth-order valence-corrected chi connectivity index (χ4v) is 7.51. The zero-order chi connectivity index (χ0) is 19.0. The molecule has 4 aromatic heterocycles. The van der Waals surface area contributed by atoms with Gasteiger partial charge in [0.15, 0.2) is 0 Å². The van der Waals surface area contributed by atoms with Crippen LogP contribution in [0.25, 0.3) is 30.5 Å². The lowest BCUT2D eigenvalue weighted by atomic mass is 9.99. The highest BCUT2D eigenvalue weighted by atomic mass is 79.9. The van der Waals surface area contributed by atoms with Crippen LogP contribution in [-0.2, 0) is 0 Å². The molecular formula is C20H20Br2N2S3. The molecular weight excluding hydrogens is 524 g/mol. The van der Waals surface area contributed by atoms with E-state index in [2.05, 4.69) is 75.0 Å². The van der Waals surface area contributed by atoms with Crippen LogP contribution in [0.5, 0.6) is 0 Å². The number of nitrogens with one attached hydrogen (secondary N) is 1. The molecule has 27 heavy (non-hydrogen) atoms. The molecule has 142 valence electrons. The number of nitrogens with zero attached hydrogens (tertiary/aromatic N) is 1. The first-order chi connectivity index (χ1) is 13.1. The van der Waals surface area contributed by atoms with Crippen molar-refractivity contribution in [1.82, 2.24) is 9.97 Å². The average molecular weight is 544 g/mol. The molecule has 0 aliphatic carbocycles. The van der Waals surface area contributed by atoms with Crippen LogP contribution in [0, 0.1) is 0 Å². The van der Waals surface area contributed by atoms with E-state index in [0.717, 1.165) is 25.3 Å². The molecule has 0 amide bonds. The first-order valence-corrected chi connectivity index (χ1v) is 13.2. The largest absolute Gasteiger partial charge is 0.340 e. The van der Waals surface area contributed by atoms with Crippen LogP contribution in [0.4, 0.5) is 0 Å². The number of hydrogen-bond donors (Lipinski definition) is 1. The summed E-state index contributed by atoms with van der Waals surface area (Å²) in [5, 5.41) is 0. The standard InChI is InChI=1S/C20H20Br2N2S3/c1-3-5-6-11(4-2)20-23-16-17(24-20)19(13-8-10-15(22)26-13)27-18(16)12-7-9-14(21)25-12/h7-11H,3-6H2,1-2H3,(H,23,24). The molecule has 4 rings (SSSR count). The average Bonchev–Trinajstić information content (AvgIpc) is 3.40. The normalized spacial score (nSPS) is 12.9. The maximum atomic E-state index is 5.11. The molecule has 1 atom stereocenters.